The highest BCUT2D eigenvalue weighted by atomic mass is 35.5. The first-order valence-corrected chi connectivity index (χ1v) is 14.3. The first kappa shape index (κ1) is 28.5. The van der Waals surface area contributed by atoms with Gasteiger partial charge in [0, 0.05) is 22.6 Å². The van der Waals surface area contributed by atoms with Crippen molar-refractivity contribution in [2.24, 2.45) is 0 Å². The van der Waals surface area contributed by atoms with Crippen LogP contribution >= 0.6 is 34.8 Å². The van der Waals surface area contributed by atoms with Crippen LogP contribution in [0.25, 0.3) is 0 Å². The van der Waals surface area contributed by atoms with Gasteiger partial charge in [-0.25, -0.2) is 12.8 Å². The zero-order chi connectivity index (χ0) is 26.6. The number of hydrogen-bond acceptors (Lipinski definition) is 4. The fraction of sp³-hybridized carbons (Fsp3) is 0.417. The lowest BCUT2D eigenvalue weighted by molar-refractivity contribution is -0.139. The minimum absolute atomic E-state index is 0.0183. The van der Waals surface area contributed by atoms with E-state index in [1.165, 1.54) is 17.0 Å². The molecule has 0 radical (unpaired) electrons. The number of nitrogens with zero attached hydrogens (tertiary/aromatic N) is 2. The summed E-state index contributed by atoms with van der Waals surface area (Å²) in [5, 5.41) is 3.39. The molecule has 1 aliphatic rings. The van der Waals surface area contributed by atoms with Gasteiger partial charge in [0.25, 0.3) is 0 Å². The molecule has 0 heterocycles. The Hall–Kier alpha value is -2.07. The minimum Gasteiger partial charge on any atom is -0.352 e. The van der Waals surface area contributed by atoms with Crippen molar-refractivity contribution in [2.45, 2.75) is 51.2 Å². The smallest absolute Gasteiger partial charge is 0.244 e. The van der Waals surface area contributed by atoms with Crippen LogP contribution in [0, 0.1) is 5.82 Å². The summed E-state index contributed by atoms with van der Waals surface area (Å²) in [6.07, 6.45) is 4.69. The molecule has 0 saturated heterocycles. The van der Waals surface area contributed by atoms with E-state index in [9.17, 15) is 22.4 Å². The molecule has 7 nitrogen and oxygen atoms in total. The van der Waals surface area contributed by atoms with E-state index in [-0.39, 0.29) is 29.2 Å². The highest BCUT2D eigenvalue weighted by Gasteiger charge is 2.32. The van der Waals surface area contributed by atoms with Crippen LogP contribution in [0.3, 0.4) is 0 Å². The van der Waals surface area contributed by atoms with Crippen LogP contribution in [-0.4, -0.2) is 50.0 Å². The van der Waals surface area contributed by atoms with Crippen molar-refractivity contribution in [3.05, 3.63) is 62.8 Å². The molecular formula is C24H27Cl3FN3O4S. The molecule has 0 aliphatic heterocycles. The van der Waals surface area contributed by atoms with Crippen LogP contribution in [0.5, 0.6) is 0 Å². The predicted octanol–water partition coefficient (Wildman–Crippen LogP) is 5.03. The lowest BCUT2D eigenvalue weighted by Gasteiger charge is -2.32. The SMILES string of the molecule is C[C@@H](C(=O)NC1CCCC1)N(Cc1ccc(Cl)cc1Cl)C(=O)CN(c1ccc(F)c(Cl)c1)S(C)(=O)=O. The Labute approximate surface area is 225 Å². The Morgan fingerprint density at radius 3 is 2.33 bits per heavy atom. The number of halogens is 4. The number of rotatable bonds is 9. The van der Waals surface area contributed by atoms with Crippen molar-refractivity contribution in [1.29, 1.82) is 0 Å². The molecule has 1 N–H and O–H groups in total. The third-order valence-corrected chi connectivity index (χ3v) is 8.11. The van der Waals surface area contributed by atoms with Crippen LogP contribution in [-0.2, 0) is 26.2 Å². The van der Waals surface area contributed by atoms with Gasteiger partial charge in [-0.05, 0) is 55.7 Å². The molecule has 36 heavy (non-hydrogen) atoms. The maximum atomic E-state index is 13.7. The molecule has 3 rings (SSSR count). The molecular weight excluding hydrogens is 552 g/mol. The Morgan fingerprint density at radius 1 is 1.08 bits per heavy atom. The number of carbonyl (C=O) groups excluding carboxylic acids is 2. The molecule has 2 aromatic rings. The molecule has 0 bridgehead atoms. The second kappa shape index (κ2) is 12.0. The zero-order valence-electron chi connectivity index (χ0n) is 19.8. The first-order valence-electron chi connectivity index (χ1n) is 11.3. The van der Waals surface area contributed by atoms with Gasteiger partial charge in [0.15, 0.2) is 0 Å². The average Bonchev–Trinajstić information content (AvgIpc) is 3.30. The number of sulfonamides is 1. The predicted molar refractivity (Wildman–Crippen MR) is 140 cm³/mol. The molecule has 0 spiro atoms. The number of nitrogens with one attached hydrogen (secondary N) is 1. The van der Waals surface area contributed by atoms with E-state index >= 15 is 0 Å². The van der Waals surface area contributed by atoms with Crippen LogP contribution in [0.2, 0.25) is 15.1 Å². The van der Waals surface area contributed by atoms with Crippen LogP contribution in [0.4, 0.5) is 10.1 Å². The highest BCUT2D eigenvalue weighted by molar-refractivity contribution is 7.92. The van der Waals surface area contributed by atoms with Gasteiger partial charge < -0.3 is 10.2 Å². The zero-order valence-corrected chi connectivity index (χ0v) is 22.9. The number of anilines is 1. The van der Waals surface area contributed by atoms with E-state index in [4.69, 9.17) is 34.8 Å². The van der Waals surface area contributed by atoms with Crippen molar-refractivity contribution >= 4 is 62.3 Å². The molecule has 2 aromatic carbocycles. The summed E-state index contributed by atoms with van der Waals surface area (Å²) in [6, 6.07) is 7.23. The minimum atomic E-state index is -3.97. The summed E-state index contributed by atoms with van der Waals surface area (Å²) in [4.78, 5) is 27.9. The van der Waals surface area contributed by atoms with Gasteiger partial charge >= 0.3 is 0 Å². The lowest BCUT2D eigenvalue weighted by atomic mass is 10.1. The number of hydrogen-bond donors (Lipinski definition) is 1. The Bertz CT molecular complexity index is 1240. The average molecular weight is 579 g/mol. The van der Waals surface area contributed by atoms with Crippen molar-refractivity contribution in [3.63, 3.8) is 0 Å². The van der Waals surface area contributed by atoms with Crippen molar-refractivity contribution in [3.8, 4) is 0 Å². The Morgan fingerprint density at radius 2 is 1.75 bits per heavy atom. The van der Waals surface area contributed by atoms with Gasteiger partial charge in [0.2, 0.25) is 21.8 Å². The second-order valence-corrected chi connectivity index (χ2v) is 11.9. The van der Waals surface area contributed by atoms with Gasteiger partial charge in [-0.2, -0.15) is 0 Å². The fourth-order valence-corrected chi connectivity index (χ4v) is 5.55. The Balaban J connectivity index is 1.92. The fourth-order valence-electron chi connectivity index (χ4n) is 4.06. The van der Waals surface area contributed by atoms with Gasteiger partial charge in [0.1, 0.15) is 18.4 Å². The van der Waals surface area contributed by atoms with Crippen molar-refractivity contribution < 1.29 is 22.4 Å². The van der Waals surface area contributed by atoms with E-state index in [1.54, 1.807) is 19.1 Å². The summed E-state index contributed by atoms with van der Waals surface area (Å²) in [5.41, 5.74) is 0.551. The van der Waals surface area contributed by atoms with Gasteiger partial charge in [-0.3, -0.25) is 13.9 Å². The summed E-state index contributed by atoms with van der Waals surface area (Å²) in [5.74, 6) is -1.73. The standard InChI is InChI=1S/C24H27Cl3FN3O4S/c1-15(24(33)29-18-5-3-4-6-18)30(13-16-7-8-17(25)11-20(16)26)23(32)14-31(36(2,34)35)19-9-10-22(28)21(27)12-19/h7-12,15,18H,3-6,13-14H2,1-2H3,(H,29,33)/t15-/m0/s1. The molecule has 2 amide bonds. The molecule has 1 atom stereocenters. The Kier molecular flexibility index (Phi) is 9.49. The molecule has 1 fully saturated rings. The molecule has 196 valence electrons. The maximum absolute atomic E-state index is 13.7. The molecule has 1 saturated carbocycles. The second-order valence-electron chi connectivity index (χ2n) is 8.79. The highest BCUT2D eigenvalue weighted by Crippen LogP contribution is 2.27. The normalized spacial score (nSPS) is 14.9. The summed E-state index contributed by atoms with van der Waals surface area (Å²) in [7, 11) is -3.97. The van der Waals surface area contributed by atoms with Crippen LogP contribution in [0.15, 0.2) is 36.4 Å². The van der Waals surface area contributed by atoms with Crippen molar-refractivity contribution in [1.82, 2.24) is 10.2 Å². The number of carbonyl (C=O) groups is 2. The van der Waals surface area contributed by atoms with Gasteiger partial charge in [0.05, 0.1) is 17.0 Å². The number of benzene rings is 2. The van der Waals surface area contributed by atoms with E-state index in [0.29, 0.717) is 15.6 Å². The number of amides is 2. The lowest BCUT2D eigenvalue weighted by Crippen LogP contribution is -2.52. The topological polar surface area (TPSA) is 86.8 Å². The van der Waals surface area contributed by atoms with Crippen molar-refractivity contribution in [2.75, 3.05) is 17.1 Å². The van der Waals surface area contributed by atoms with Crippen LogP contribution < -0.4 is 9.62 Å². The monoisotopic (exact) mass is 577 g/mol. The van der Waals surface area contributed by atoms with Crippen LogP contribution in [0.1, 0.15) is 38.2 Å². The largest absolute Gasteiger partial charge is 0.352 e. The maximum Gasteiger partial charge on any atom is 0.244 e. The van der Waals surface area contributed by atoms with E-state index in [0.717, 1.165) is 48.4 Å². The third kappa shape index (κ3) is 7.25. The quantitative estimate of drug-likeness (QED) is 0.452. The van der Waals surface area contributed by atoms with E-state index in [2.05, 4.69) is 5.32 Å². The molecule has 0 unspecified atom stereocenters. The van der Waals surface area contributed by atoms with Gasteiger partial charge in [-0.15, -0.1) is 0 Å². The molecule has 0 aromatic heterocycles. The summed E-state index contributed by atoms with van der Waals surface area (Å²) in [6.45, 7) is 0.883. The summed E-state index contributed by atoms with van der Waals surface area (Å²) >= 11 is 18.2. The third-order valence-electron chi connectivity index (χ3n) is 6.10. The molecule has 1 aliphatic carbocycles. The first-order chi connectivity index (χ1) is 16.9. The van der Waals surface area contributed by atoms with E-state index < -0.39 is 34.3 Å². The van der Waals surface area contributed by atoms with E-state index in [1.807, 2.05) is 0 Å². The summed E-state index contributed by atoms with van der Waals surface area (Å²) < 4.78 is 39.6. The van der Waals surface area contributed by atoms with Gasteiger partial charge in [-0.1, -0.05) is 53.7 Å². The molecule has 12 heteroatoms.